The molecule has 0 N–H and O–H groups in total. The first-order valence-electron chi connectivity index (χ1n) is 10.0. The second-order valence-electron chi connectivity index (χ2n) is 7.80. The van der Waals surface area contributed by atoms with E-state index in [-0.39, 0.29) is 5.91 Å². The van der Waals surface area contributed by atoms with E-state index in [9.17, 15) is 4.79 Å². The van der Waals surface area contributed by atoms with Gasteiger partial charge >= 0.3 is 0 Å². The number of amides is 1. The topological polar surface area (TPSA) is 55.3 Å². The molecule has 2 heterocycles. The fraction of sp³-hybridized carbons (Fsp3) is 0.500. The predicted octanol–water partition coefficient (Wildman–Crippen LogP) is 3.61. The Kier molecular flexibility index (Phi) is 5.37. The van der Waals surface area contributed by atoms with Gasteiger partial charge in [0, 0.05) is 37.0 Å². The minimum atomic E-state index is -0.427. The summed E-state index contributed by atoms with van der Waals surface area (Å²) in [7, 11) is 0. The third kappa shape index (κ3) is 3.82. The van der Waals surface area contributed by atoms with Gasteiger partial charge in [-0.2, -0.15) is 0 Å². The van der Waals surface area contributed by atoms with Crippen LogP contribution in [0.25, 0.3) is 0 Å². The van der Waals surface area contributed by atoms with E-state index >= 15 is 0 Å². The standard InChI is InChI=1S/C22H27N3O2/c26-21(22(10-4-5-11-22)19-13-23-17-24-14-19)25-12-6-7-18(15-25)16-27-20-8-2-1-3-9-20/h1-3,8-9,13-14,17-18H,4-7,10-12,15-16H2. The van der Waals surface area contributed by atoms with Crippen molar-refractivity contribution in [3.8, 4) is 5.75 Å². The number of ether oxygens (including phenoxy) is 1. The predicted molar refractivity (Wildman–Crippen MR) is 103 cm³/mol. The molecule has 1 aliphatic heterocycles. The molecule has 1 amide bonds. The summed E-state index contributed by atoms with van der Waals surface area (Å²) >= 11 is 0. The van der Waals surface area contributed by atoms with Gasteiger partial charge in [0.25, 0.3) is 0 Å². The molecule has 0 radical (unpaired) electrons. The van der Waals surface area contributed by atoms with Gasteiger partial charge in [0.15, 0.2) is 0 Å². The van der Waals surface area contributed by atoms with Crippen LogP contribution in [0.5, 0.6) is 5.75 Å². The van der Waals surface area contributed by atoms with Gasteiger partial charge < -0.3 is 9.64 Å². The van der Waals surface area contributed by atoms with Crippen LogP contribution in [0.2, 0.25) is 0 Å². The third-order valence-corrected chi connectivity index (χ3v) is 6.01. The van der Waals surface area contributed by atoms with Gasteiger partial charge in [0.2, 0.25) is 5.91 Å². The van der Waals surface area contributed by atoms with Crippen molar-refractivity contribution in [1.29, 1.82) is 0 Å². The van der Waals surface area contributed by atoms with Gasteiger partial charge in [0.05, 0.1) is 12.0 Å². The molecule has 5 heteroatoms. The van der Waals surface area contributed by atoms with Crippen molar-refractivity contribution in [2.75, 3.05) is 19.7 Å². The SMILES string of the molecule is O=C(N1CCCC(COc2ccccc2)C1)C1(c2cncnc2)CCCC1. The van der Waals surface area contributed by atoms with Crippen molar-refractivity contribution >= 4 is 5.91 Å². The first-order valence-corrected chi connectivity index (χ1v) is 10.0. The monoisotopic (exact) mass is 365 g/mol. The summed E-state index contributed by atoms with van der Waals surface area (Å²) in [6.45, 7) is 2.28. The largest absolute Gasteiger partial charge is 0.493 e. The van der Waals surface area contributed by atoms with Crippen LogP contribution in [0, 0.1) is 5.92 Å². The van der Waals surface area contributed by atoms with E-state index in [1.54, 1.807) is 0 Å². The summed E-state index contributed by atoms with van der Waals surface area (Å²) in [5.41, 5.74) is 0.554. The number of hydrogen-bond acceptors (Lipinski definition) is 4. The average molecular weight is 365 g/mol. The maximum absolute atomic E-state index is 13.6. The summed E-state index contributed by atoms with van der Waals surface area (Å²) in [5.74, 6) is 1.54. The number of benzene rings is 1. The highest BCUT2D eigenvalue weighted by Crippen LogP contribution is 2.42. The van der Waals surface area contributed by atoms with Crippen LogP contribution in [0.4, 0.5) is 0 Å². The van der Waals surface area contributed by atoms with Crippen molar-refractivity contribution < 1.29 is 9.53 Å². The Balaban J connectivity index is 1.44. The molecule has 1 unspecified atom stereocenters. The Morgan fingerprint density at radius 2 is 1.85 bits per heavy atom. The Labute approximate surface area is 160 Å². The lowest BCUT2D eigenvalue weighted by atomic mass is 9.78. The lowest BCUT2D eigenvalue weighted by Gasteiger charge is -2.39. The van der Waals surface area contributed by atoms with E-state index in [2.05, 4.69) is 14.9 Å². The van der Waals surface area contributed by atoms with E-state index in [1.807, 2.05) is 42.7 Å². The second kappa shape index (κ2) is 8.07. The van der Waals surface area contributed by atoms with E-state index < -0.39 is 5.41 Å². The molecule has 2 fully saturated rings. The molecule has 0 bridgehead atoms. The fourth-order valence-corrected chi connectivity index (χ4v) is 4.57. The normalized spacial score (nSPS) is 21.8. The summed E-state index contributed by atoms with van der Waals surface area (Å²) in [6, 6.07) is 9.92. The van der Waals surface area contributed by atoms with Crippen LogP contribution in [-0.4, -0.2) is 40.5 Å². The molecule has 0 spiro atoms. The van der Waals surface area contributed by atoms with Crippen LogP contribution < -0.4 is 4.74 Å². The maximum Gasteiger partial charge on any atom is 0.233 e. The number of rotatable bonds is 5. The minimum absolute atomic E-state index is 0.263. The summed E-state index contributed by atoms with van der Waals surface area (Å²) in [6.07, 6.45) is 11.3. The zero-order valence-electron chi connectivity index (χ0n) is 15.7. The highest BCUT2D eigenvalue weighted by atomic mass is 16.5. The number of para-hydroxylation sites is 1. The molecule has 2 aromatic rings. The molecule has 1 aliphatic carbocycles. The first-order chi connectivity index (χ1) is 13.3. The molecular formula is C22H27N3O2. The molecule has 5 nitrogen and oxygen atoms in total. The molecule has 2 aliphatic rings. The Morgan fingerprint density at radius 3 is 2.59 bits per heavy atom. The lowest BCUT2D eigenvalue weighted by Crippen LogP contribution is -2.50. The van der Waals surface area contributed by atoms with Crippen LogP contribution >= 0.6 is 0 Å². The van der Waals surface area contributed by atoms with E-state index in [1.165, 1.54) is 6.33 Å². The number of carbonyl (C=O) groups is 1. The lowest BCUT2D eigenvalue weighted by molar-refractivity contribution is -0.139. The van der Waals surface area contributed by atoms with Crippen molar-refractivity contribution in [1.82, 2.24) is 14.9 Å². The van der Waals surface area contributed by atoms with Crippen LogP contribution in [0.15, 0.2) is 49.1 Å². The maximum atomic E-state index is 13.6. The van der Waals surface area contributed by atoms with Gasteiger partial charge in [-0.05, 0) is 37.8 Å². The molecule has 1 aromatic heterocycles. The smallest absolute Gasteiger partial charge is 0.233 e. The van der Waals surface area contributed by atoms with Gasteiger partial charge in [-0.3, -0.25) is 4.79 Å². The Bertz CT molecular complexity index is 745. The molecule has 1 aromatic carbocycles. The fourth-order valence-electron chi connectivity index (χ4n) is 4.57. The summed E-state index contributed by atoms with van der Waals surface area (Å²) < 4.78 is 5.95. The van der Waals surface area contributed by atoms with E-state index in [0.29, 0.717) is 12.5 Å². The number of nitrogens with zero attached hydrogens (tertiary/aromatic N) is 3. The highest BCUT2D eigenvalue weighted by molar-refractivity contribution is 5.88. The van der Waals surface area contributed by atoms with Gasteiger partial charge in [0.1, 0.15) is 12.1 Å². The van der Waals surface area contributed by atoms with Crippen LogP contribution in [0.1, 0.15) is 44.1 Å². The third-order valence-electron chi connectivity index (χ3n) is 6.01. The van der Waals surface area contributed by atoms with E-state index in [0.717, 1.165) is 62.9 Å². The Hall–Kier alpha value is -2.43. The molecule has 1 atom stereocenters. The van der Waals surface area contributed by atoms with Crippen LogP contribution in [-0.2, 0) is 10.2 Å². The molecule has 1 saturated carbocycles. The van der Waals surface area contributed by atoms with Crippen LogP contribution in [0.3, 0.4) is 0 Å². The molecule has 4 rings (SSSR count). The number of likely N-dealkylation sites (tertiary alicyclic amines) is 1. The highest BCUT2D eigenvalue weighted by Gasteiger charge is 2.46. The zero-order valence-corrected chi connectivity index (χ0v) is 15.7. The second-order valence-corrected chi connectivity index (χ2v) is 7.80. The quantitative estimate of drug-likeness (QED) is 0.812. The van der Waals surface area contributed by atoms with Crippen molar-refractivity contribution in [3.63, 3.8) is 0 Å². The zero-order chi connectivity index (χ0) is 18.5. The van der Waals surface area contributed by atoms with Crippen molar-refractivity contribution in [3.05, 3.63) is 54.6 Å². The van der Waals surface area contributed by atoms with Gasteiger partial charge in [-0.25, -0.2) is 9.97 Å². The number of hydrogen-bond donors (Lipinski definition) is 0. The number of aromatic nitrogens is 2. The van der Waals surface area contributed by atoms with Crippen molar-refractivity contribution in [2.45, 2.75) is 43.9 Å². The molecular weight excluding hydrogens is 338 g/mol. The number of carbonyl (C=O) groups excluding carboxylic acids is 1. The van der Waals surface area contributed by atoms with Gasteiger partial charge in [-0.15, -0.1) is 0 Å². The Morgan fingerprint density at radius 1 is 1.11 bits per heavy atom. The average Bonchev–Trinajstić information content (AvgIpc) is 3.24. The number of piperidine rings is 1. The summed E-state index contributed by atoms with van der Waals surface area (Å²) in [4.78, 5) is 24.0. The molecule has 1 saturated heterocycles. The minimum Gasteiger partial charge on any atom is -0.493 e. The van der Waals surface area contributed by atoms with E-state index in [4.69, 9.17) is 4.74 Å². The first kappa shape index (κ1) is 18.0. The molecule has 27 heavy (non-hydrogen) atoms. The summed E-state index contributed by atoms with van der Waals surface area (Å²) in [5, 5.41) is 0. The molecule has 142 valence electrons. The van der Waals surface area contributed by atoms with Gasteiger partial charge in [-0.1, -0.05) is 31.0 Å². The van der Waals surface area contributed by atoms with Crippen molar-refractivity contribution in [2.24, 2.45) is 5.92 Å².